The summed E-state index contributed by atoms with van der Waals surface area (Å²) >= 11 is 5.47. The van der Waals surface area contributed by atoms with Gasteiger partial charge in [-0.05, 0) is 31.0 Å². The Balaban J connectivity index is 2.36. The fourth-order valence-corrected chi connectivity index (χ4v) is 1.81. The molecule has 0 aromatic rings. The van der Waals surface area contributed by atoms with Gasteiger partial charge in [0.05, 0.1) is 6.04 Å². The SMILES string of the molecule is CC(=O)C(O)C(CC1CCC1)NCl. The van der Waals surface area contributed by atoms with Crippen LogP contribution in [0, 0.1) is 5.92 Å². The van der Waals surface area contributed by atoms with Crippen LogP contribution >= 0.6 is 11.8 Å². The molecule has 76 valence electrons. The van der Waals surface area contributed by atoms with E-state index in [1.54, 1.807) is 0 Å². The Labute approximate surface area is 83.6 Å². The normalized spacial score (nSPS) is 22.1. The summed E-state index contributed by atoms with van der Waals surface area (Å²) in [4.78, 5) is 13.4. The van der Waals surface area contributed by atoms with Gasteiger partial charge in [-0.25, -0.2) is 4.84 Å². The molecule has 0 heterocycles. The molecule has 0 amide bonds. The van der Waals surface area contributed by atoms with Gasteiger partial charge in [0.1, 0.15) is 6.10 Å². The number of ketones is 1. The van der Waals surface area contributed by atoms with Gasteiger partial charge in [-0.15, -0.1) is 0 Å². The van der Waals surface area contributed by atoms with Crippen LogP contribution in [-0.4, -0.2) is 23.0 Å². The molecule has 0 spiro atoms. The summed E-state index contributed by atoms with van der Waals surface area (Å²) in [5.41, 5.74) is 0. The topological polar surface area (TPSA) is 49.3 Å². The van der Waals surface area contributed by atoms with Crippen molar-refractivity contribution in [2.45, 2.75) is 44.8 Å². The van der Waals surface area contributed by atoms with Crippen LogP contribution in [0.25, 0.3) is 0 Å². The molecule has 1 rings (SSSR count). The van der Waals surface area contributed by atoms with Gasteiger partial charge in [0.25, 0.3) is 0 Å². The molecular weight excluding hydrogens is 190 g/mol. The first-order valence-corrected chi connectivity index (χ1v) is 5.07. The van der Waals surface area contributed by atoms with E-state index in [9.17, 15) is 9.90 Å². The summed E-state index contributed by atoms with van der Waals surface area (Å²) in [6.07, 6.45) is 3.48. The van der Waals surface area contributed by atoms with E-state index in [4.69, 9.17) is 11.8 Å². The number of nitrogens with one attached hydrogen (secondary N) is 1. The number of Topliss-reactive ketones (excluding diaryl/α,β-unsaturated/α-hetero) is 1. The highest BCUT2D eigenvalue weighted by Gasteiger charge is 2.28. The van der Waals surface area contributed by atoms with Crippen molar-refractivity contribution in [1.82, 2.24) is 4.84 Å². The zero-order valence-electron chi connectivity index (χ0n) is 7.79. The second-order valence-electron chi connectivity index (χ2n) is 3.80. The van der Waals surface area contributed by atoms with Crippen LogP contribution < -0.4 is 4.84 Å². The fourth-order valence-electron chi connectivity index (χ4n) is 1.60. The van der Waals surface area contributed by atoms with Gasteiger partial charge in [-0.1, -0.05) is 19.3 Å². The Morgan fingerprint density at radius 2 is 2.31 bits per heavy atom. The molecule has 1 aliphatic carbocycles. The van der Waals surface area contributed by atoms with E-state index in [0.717, 1.165) is 6.42 Å². The number of hydrogen-bond donors (Lipinski definition) is 2. The van der Waals surface area contributed by atoms with Crippen molar-refractivity contribution in [3.8, 4) is 0 Å². The Hall–Kier alpha value is -0.120. The molecule has 0 aromatic carbocycles. The van der Waals surface area contributed by atoms with Crippen LogP contribution in [0.4, 0.5) is 0 Å². The first-order chi connectivity index (χ1) is 6.15. The summed E-state index contributed by atoms with van der Waals surface area (Å²) in [6, 6.07) is -0.288. The van der Waals surface area contributed by atoms with E-state index in [0.29, 0.717) is 5.92 Å². The fraction of sp³-hybridized carbons (Fsp3) is 0.889. The quantitative estimate of drug-likeness (QED) is 0.664. The van der Waals surface area contributed by atoms with Crippen molar-refractivity contribution in [3.05, 3.63) is 0 Å². The van der Waals surface area contributed by atoms with E-state index < -0.39 is 6.10 Å². The first kappa shape index (κ1) is 11.0. The first-order valence-electron chi connectivity index (χ1n) is 4.69. The number of carbonyl (C=O) groups is 1. The van der Waals surface area contributed by atoms with Crippen LogP contribution in [0.1, 0.15) is 32.6 Å². The number of hydrogen-bond acceptors (Lipinski definition) is 3. The molecule has 1 fully saturated rings. The molecule has 2 atom stereocenters. The molecule has 3 nitrogen and oxygen atoms in total. The Morgan fingerprint density at radius 3 is 2.62 bits per heavy atom. The average molecular weight is 206 g/mol. The maximum absolute atomic E-state index is 10.9. The zero-order chi connectivity index (χ0) is 9.84. The monoisotopic (exact) mass is 205 g/mol. The van der Waals surface area contributed by atoms with E-state index in [1.165, 1.54) is 26.2 Å². The minimum absolute atomic E-state index is 0.225. The lowest BCUT2D eigenvalue weighted by Crippen LogP contribution is -2.41. The van der Waals surface area contributed by atoms with Crippen molar-refractivity contribution >= 4 is 17.6 Å². The van der Waals surface area contributed by atoms with Crippen LogP contribution in [0.2, 0.25) is 0 Å². The van der Waals surface area contributed by atoms with Gasteiger partial charge in [0.15, 0.2) is 5.78 Å². The van der Waals surface area contributed by atoms with E-state index in [-0.39, 0.29) is 11.8 Å². The van der Waals surface area contributed by atoms with E-state index >= 15 is 0 Å². The van der Waals surface area contributed by atoms with Gasteiger partial charge in [-0.2, -0.15) is 0 Å². The molecule has 0 radical (unpaired) electrons. The molecule has 2 N–H and O–H groups in total. The summed E-state index contributed by atoms with van der Waals surface area (Å²) in [6.45, 7) is 1.38. The summed E-state index contributed by atoms with van der Waals surface area (Å²) in [5, 5.41) is 9.46. The molecule has 2 unspecified atom stereocenters. The smallest absolute Gasteiger partial charge is 0.159 e. The zero-order valence-corrected chi connectivity index (χ0v) is 8.55. The van der Waals surface area contributed by atoms with Crippen LogP contribution in [0.3, 0.4) is 0 Å². The van der Waals surface area contributed by atoms with Crippen molar-refractivity contribution in [1.29, 1.82) is 0 Å². The number of carbonyl (C=O) groups excluding carboxylic acids is 1. The Bertz CT molecular complexity index is 182. The molecule has 0 aromatic heterocycles. The molecular formula is C9H16ClNO2. The lowest BCUT2D eigenvalue weighted by molar-refractivity contribution is -0.126. The summed E-state index contributed by atoms with van der Waals surface area (Å²) in [7, 11) is 0. The number of rotatable bonds is 5. The lowest BCUT2D eigenvalue weighted by Gasteiger charge is -2.30. The second-order valence-corrected chi connectivity index (χ2v) is 4.02. The number of aliphatic hydroxyl groups excluding tert-OH is 1. The third-order valence-electron chi connectivity index (χ3n) is 2.75. The molecule has 1 aliphatic rings. The molecule has 0 saturated heterocycles. The van der Waals surface area contributed by atoms with Crippen LogP contribution in [-0.2, 0) is 4.79 Å². The maximum Gasteiger partial charge on any atom is 0.159 e. The minimum atomic E-state index is -0.960. The molecule has 0 aliphatic heterocycles. The highest BCUT2D eigenvalue weighted by atomic mass is 35.5. The molecule has 4 heteroatoms. The Kier molecular flexibility index (Phi) is 4.16. The third kappa shape index (κ3) is 2.93. The summed E-state index contributed by atoms with van der Waals surface area (Å²) in [5.74, 6) is 0.405. The Morgan fingerprint density at radius 1 is 1.69 bits per heavy atom. The van der Waals surface area contributed by atoms with Crippen LogP contribution in [0.5, 0.6) is 0 Å². The standard InChI is InChI=1S/C9H16ClNO2/c1-6(12)9(13)8(11-10)5-7-3-2-4-7/h7-9,11,13H,2-5H2,1H3. The minimum Gasteiger partial charge on any atom is -0.384 e. The highest BCUT2D eigenvalue weighted by molar-refractivity contribution is 6.13. The van der Waals surface area contributed by atoms with Crippen molar-refractivity contribution in [2.24, 2.45) is 5.92 Å². The van der Waals surface area contributed by atoms with Crippen molar-refractivity contribution in [3.63, 3.8) is 0 Å². The molecule has 1 saturated carbocycles. The molecule has 13 heavy (non-hydrogen) atoms. The maximum atomic E-state index is 10.9. The highest BCUT2D eigenvalue weighted by Crippen LogP contribution is 2.31. The largest absolute Gasteiger partial charge is 0.384 e. The number of aliphatic hydroxyl groups is 1. The van der Waals surface area contributed by atoms with Crippen molar-refractivity contribution in [2.75, 3.05) is 0 Å². The van der Waals surface area contributed by atoms with Gasteiger partial charge in [0, 0.05) is 0 Å². The van der Waals surface area contributed by atoms with Gasteiger partial charge >= 0.3 is 0 Å². The summed E-state index contributed by atoms with van der Waals surface area (Å²) < 4.78 is 0. The average Bonchev–Trinajstić information content (AvgIpc) is 2.02. The predicted octanol–water partition coefficient (Wildman–Crippen LogP) is 1.24. The van der Waals surface area contributed by atoms with E-state index in [1.807, 2.05) is 0 Å². The second kappa shape index (κ2) is 4.94. The van der Waals surface area contributed by atoms with E-state index in [2.05, 4.69) is 4.84 Å². The van der Waals surface area contributed by atoms with Gasteiger partial charge < -0.3 is 5.11 Å². The third-order valence-corrected chi connectivity index (χ3v) is 3.03. The van der Waals surface area contributed by atoms with Crippen LogP contribution in [0.15, 0.2) is 0 Å². The molecule has 0 bridgehead atoms. The number of halogens is 1. The predicted molar refractivity (Wildman–Crippen MR) is 51.4 cm³/mol. The lowest BCUT2D eigenvalue weighted by atomic mass is 9.80. The van der Waals surface area contributed by atoms with Crippen molar-refractivity contribution < 1.29 is 9.90 Å². The van der Waals surface area contributed by atoms with Gasteiger partial charge in [0.2, 0.25) is 0 Å². The van der Waals surface area contributed by atoms with Gasteiger partial charge in [-0.3, -0.25) is 4.79 Å².